The lowest BCUT2D eigenvalue weighted by Gasteiger charge is -2.37. The summed E-state index contributed by atoms with van der Waals surface area (Å²) in [5.41, 5.74) is -1.12. The van der Waals surface area contributed by atoms with Gasteiger partial charge in [0.25, 0.3) is 5.91 Å². The minimum atomic E-state index is -4.68. The van der Waals surface area contributed by atoms with Crippen LogP contribution in [0.3, 0.4) is 0 Å². The first-order valence-electron chi connectivity index (χ1n) is 12.3. The number of nitriles is 1. The normalized spacial score (nSPS) is 18.1. The lowest BCUT2D eigenvalue weighted by molar-refractivity contribution is -0.136. The average molecular weight is 509 g/mol. The van der Waals surface area contributed by atoms with E-state index in [2.05, 4.69) is 0 Å². The number of furan rings is 1. The standard InChI is InChI=1S/C21H19F3N4O4.2C2H6/c22-21(23,24)16-10-13(12-1-2-12)9-14-15(11-25)18(32-17(14)16)19(29)26-3-5-27(6-4-26)28-7-8-31-20(28)30;2*1-2/h9-10,12H,1-8H2;2*1-2H3. The van der Waals surface area contributed by atoms with Crippen LogP contribution in [-0.4, -0.2) is 66.2 Å². The van der Waals surface area contributed by atoms with Crippen molar-refractivity contribution in [3.05, 3.63) is 34.6 Å². The van der Waals surface area contributed by atoms with Crippen molar-refractivity contribution in [1.29, 1.82) is 5.26 Å². The molecule has 3 heterocycles. The summed E-state index contributed by atoms with van der Waals surface area (Å²) >= 11 is 0. The first kappa shape index (κ1) is 27.3. The summed E-state index contributed by atoms with van der Waals surface area (Å²) in [6, 6.07) is 4.48. The highest BCUT2D eigenvalue weighted by molar-refractivity contribution is 6.01. The Morgan fingerprint density at radius 3 is 2.19 bits per heavy atom. The fourth-order valence-corrected chi connectivity index (χ4v) is 4.27. The van der Waals surface area contributed by atoms with Gasteiger partial charge in [0.2, 0.25) is 5.76 Å². The lowest BCUT2D eigenvalue weighted by atomic mass is 10.0. The molecule has 1 aromatic carbocycles. The molecule has 8 nitrogen and oxygen atoms in total. The minimum Gasteiger partial charge on any atom is -0.449 e. The molecule has 0 unspecified atom stereocenters. The van der Waals surface area contributed by atoms with E-state index in [1.807, 2.05) is 33.8 Å². The molecule has 0 bridgehead atoms. The third-order valence-electron chi connectivity index (χ3n) is 6.10. The molecule has 2 amide bonds. The van der Waals surface area contributed by atoms with Crippen LogP contribution >= 0.6 is 0 Å². The van der Waals surface area contributed by atoms with Crippen molar-refractivity contribution in [3.8, 4) is 6.07 Å². The molecule has 3 fully saturated rings. The van der Waals surface area contributed by atoms with Crippen molar-refractivity contribution >= 4 is 23.0 Å². The van der Waals surface area contributed by atoms with Crippen molar-refractivity contribution in [1.82, 2.24) is 14.9 Å². The first-order chi connectivity index (χ1) is 17.3. The predicted molar refractivity (Wildman–Crippen MR) is 126 cm³/mol. The Bertz CT molecular complexity index is 1140. The smallest absolute Gasteiger partial charge is 0.424 e. The predicted octanol–water partition coefficient (Wildman–Crippen LogP) is 5.38. The van der Waals surface area contributed by atoms with Crippen LogP contribution in [0.25, 0.3) is 11.0 Å². The van der Waals surface area contributed by atoms with Gasteiger partial charge in [-0.3, -0.25) is 4.79 Å². The summed E-state index contributed by atoms with van der Waals surface area (Å²) in [5, 5.41) is 12.9. The quantitative estimate of drug-likeness (QED) is 0.553. The molecule has 1 aromatic heterocycles. The highest BCUT2D eigenvalue weighted by Gasteiger charge is 2.39. The fraction of sp³-hybridized carbons (Fsp3) is 0.560. The van der Waals surface area contributed by atoms with Gasteiger partial charge in [0.15, 0.2) is 0 Å². The van der Waals surface area contributed by atoms with Crippen LogP contribution in [0.4, 0.5) is 18.0 Å². The zero-order chi connectivity index (χ0) is 26.6. The van der Waals surface area contributed by atoms with Gasteiger partial charge >= 0.3 is 12.3 Å². The summed E-state index contributed by atoms with van der Waals surface area (Å²) in [7, 11) is 0. The van der Waals surface area contributed by atoms with E-state index in [0.717, 1.165) is 18.9 Å². The van der Waals surface area contributed by atoms with Crippen LogP contribution < -0.4 is 0 Å². The van der Waals surface area contributed by atoms with E-state index in [0.29, 0.717) is 31.8 Å². The number of piperazine rings is 1. The Hall–Kier alpha value is -3.26. The van der Waals surface area contributed by atoms with Gasteiger partial charge in [-0.05, 0) is 36.5 Å². The molecule has 1 saturated carbocycles. The Morgan fingerprint density at radius 2 is 1.69 bits per heavy atom. The number of carbonyl (C=O) groups excluding carboxylic acids is 2. The molecule has 36 heavy (non-hydrogen) atoms. The number of hydrogen-bond donors (Lipinski definition) is 0. The molecular weight excluding hydrogens is 477 g/mol. The summed E-state index contributed by atoms with van der Waals surface area (Å²) in [5.74, 6) is -0.982. The molecule has 2 aromatic rings. The second kappa shape index (κ2) is 11.2. The van der Waals surface area contributed by atoms with Crippen LogP contribution in [0.15, 0.2) is 16.5 Å². The number of hydrogen-bond acceptors (Lipinski definition) is 6. The largest absolute Gasteiger partial charge is 0.449 e. The maximum absolute atomic E-state index is 13.7. The SMILES string of the molecule is CC.CC.N#Cc1c(C(=O)N2CCN(N3CCOC3=O)CC2)oc2c(C(F)(F)F)cc(C3CC3)cc12. The van der Waals surface area contributed by atoms with Gasteiger partial charge in [0, 0.05) is 31.6 Å². The Kier molecular flexibility index (Phi) is 8.51. The molecule has 0 spiro atoms. The van der Waals surface area contributed by atoms with E-state index in [4.69, 9.17) is 9.15 Å². The van der Waals surface area contributed by atoms with Crippen LogP contribution in [0.2, 0.25) is 0 Å². The van der Waals surface area contributed by atoms with Gasteiger partial charge in [-0.15, -0.1) is 0 Å². The molecule has 1 aliphatic carbocycles. The monoisotopic (exact) mass is 508 g/mol. The van der Waals surface area contributed by atoms with E-state index < -0.39 is 29.3 Å². The second-order valence-electron chi connectivity index (χ2n) is 8.12. The highest BCUT2D eigenvalue weighted by atomic mass is 19.4. The highest BCUT2D eigenvalue weighted by Crippen LogP contribution is 2.46. The second-order valence-corrected chi connectivity index (χ2v) is 8.12. The molecular formula is C25H31F3N4O4. The van der Waals surface area contributed by atoms with Crippen molar-refractivity contribution in [3.63, 3.8) is 0 Å². The molecule has 0 atom stereocenters. The van der Waals surface area contributed by atoms with Crippen molar-refractivity contribution < 1.29 is 31.9 Å². The van der Waals surface area contributed by atoms with Gasteiger partial charge in [-0.1, -0.05) is 27.7 Å². The number of nitrogens with zero attached hydrogens (tertiary/aromatic N) is 4. The van der Waals surface area contributed by atoms with Gasteiger partial charge in [-0.25, -0.2) is 14.8 Å². The van der Waals surface area contributed by atoms with Gasteiger partial charge in [-0.2, -0.15) is 18.4 Å². The van der Waals surface area contributed by atoms with E-state index >= 15 is 0 Å². The molecule has 3 aliphatic rings. The van der Waals surface area contributed by atoms with Crippen molar-refractivity contribution in [2.24, 2.45) is 0 Å². The third-order valence-corrected chi connectivity index (χ3v) is 6.10. The van der Waals surface area contributed by atoms with Crippen LogP contribution in [0, 0.1) is 11.3 Å². The van der Waals surface area contributed by atoms with Crippen LogP contribution in [0.1, 0.15) is 73.7 Å². The number of alkyl halides is 3. The Morgan fingerprint density at radius 1 is 1.06 bits per heavy atom. The van der Waals surface area contributed by atoms with Crippen molar-refractivity contribution in [2.75, 3.05) is 39.3 Å². The topological polar surface area (TPSA) is 90.0 Å². The minimum absolute atomic E-state index is 0.0195. The lowest BCUT2D eigenvalue weighted by Crippen LogP contribution is -2.55. The molecule has 11 heteroatoms. The van der Waals surface area contributed by atoms with Gasteiger partial charge < -0.3 is 14.1 Å². The number of rotatable bonds is 3. The van der Waals surface area contributed by atoms with Gasteiger partial charge in [0.1, 0.15) is 23.8 Å². The van der Waals surface area contributed by atoms with E-state index in [1.165, 1.54) is 16.0 Å². The zero-order valence-electron chi connectivity index (χ0n) is 20.9. The molecule has 2 saturated heterocycles. The molecule has 0 N–H and O–H groups in total. The van der Waals surface area contributed by atoms with Crippen LogP contribution in [0.5, 0.6) is 0 Å². The molecule has 2 aliphatic heterocycles. The maximum Gasteiger partial charge on any atom is 0.424 e. The summed E-state index contributed by atoms with van der Waals surface area (Å²) in [4.78, 5) is 26.3. The number of fused-ring (bicyclic) bond motifs is 1. The Balaban J connectivity index is 0.000000861. The molecule has 5 rings (SSSR count). The average Bonchev–Trinajstić information content (AvgIpc) is 3.55. The summed E-state index contributed by atoms with van der Waals surface area (Å²) in [6.45, 7) is 9.88. The number of hydrazine groups is 1. The number of cyclic esters (lactones) is 1. The number of amides is 2. The molecule has 196 valence electrons. The van der Waals surface area contributed by atoms with Gasteiger partial charge in [0.05, 0.1) is 12.1 Å². The summed E-state index contributed by atoms with van der Waals surface area (Å²) in [6.07, 6.45) is -3.53. The maximum atomic E-state index is 13.7. The first-order valence-corrected chi connectivity index (χ1v) is 12.3. The van der Waals surface area contributed by atoms with Crippen LogP contribution in [-0.2, 0) is 10.9 Å². The van der Waals surface area contributed by atoms with E-state index in [-0.39, 0.29) is 35.7 Å². The number of halogens is 3. The summed E-state index contributed by atoms with van der Waals surface area (Å²) < 4.78 is 51.5. The number of carbonyl (C=O) groups is 2. The zero-order valence-corrected chi connectivity index (χ0v) is 20.9. The number of benzene rings is 1. The molecule has 0 radical (unpaired) electrons. The third kappa shape index (κ3) is 5.28. The Labute approximate surface area is 208 Å². The van der Waals surface area contributed by atoms with Crippen molar-refractivity contribution in [2.45, 2.75) is 52.6 Å². The van der Waals surface area contributed by atoms with E-state index in [1.54, 1.807) is 5.01 Å². The van der Waals surface area contributed by atoms with E-state index in [9.17, 15) is 28.0 Å². The fourth-order valence-electron chi connectivity index (χ4n) is 4.27. The number of ether oxygens (including phenoxy) is 1.